The number of pyridine rings is 1. The maximum Gasteiger partial charge on any atom is 0.169 e. The van der Waals surface area contributed by atoms with Crippen molar-refractivity contribution in [2.45, 2.75) is 71.8 Å². The predicted octanol–water partition coefficient (Wildman–Crippen LogP) is 1.43. The van der Waals surface area contributed by atoms with Crippen LogP contribution in [-0.2, 0) is 6.54 Å². The molecule has 0 N–H and O–H groups in total. The first-order chi connectivity index (χ1) is 8.33. The largest absolute Gasteiger partial charge is 1.00 e. The number of hydrogen-bond donors (Lipinski definition) is 0. The van der Waals surface area contributed by atoms with Crippen LogP contribution in [0, 0.1) is 6.92 Å². The third kappa shape index (κ3) is 8.90. The van der Waals surface area contributed by atoms with Crippen LogP contribution in [0.15, 0.2) is 24.5 Å². The molecule has 0 atom stereocenters. The fourth-order valence-electron chi connectivity index (χ4n) is 2.11. The van der Waals surface area contributed by atoms with E-state index in [-0.39, 0.29) is 24.0 Å². The third-order valence-electron chi connectivity index (χ3n) is 3.33. The Balaban J connectivity index is 0.00000289. The van der Waals surface area contributed by atoms with Crippen LogP contribution in [0.4, 0.5) is 0 Å². The van der Waals surface area contributed by atoms with Gasteiger partial charge in [0.2, 0.25) is 0 Å². The Hall–Kier alpha value is -0.120. The average molecular weight is 361 g/mol. The zero-order valence-electron chi connectivity index (χ0n) is 12.0. The molecule has 0 radical (unpaired) electrons. The summed E-state index contributed by atoms with van der Waals surface area (Å²) in [5.41, 5.74) is 1.34. The minimum Gasteiger partial charge on any atom is -1.00 e. The molecule has 2 heteroatoms. The van der Waals surface area contributed by atoms with Gasteiger partial charge in [-0.2, -0.15) is 0 Å². The molecule has 1 nitrogen and oxygen atoms in total. The van der Waals surface area contributed by atoms with Crippen LogP contribution in [-0.4, -0.2) is 0 Å². The summed E-state index contributed by atoms with van der Waals surface area (Å²) in [6, 6.07) is 4.37. The van der Waals surface area contributed by atoms with Gasteiger partial charge in [0, 0.05) is 18.6 Å². The van der Waals surface area contributed by atoms with Crippen molar-refractivity contribution < 1.29 is 28.5 Å². The van der Waals surface area contributed by atoms with Crippen molar-refractivity contribution in [3.63, 3.8) is 0 Å². The lowest BCUT2D eigenvalue weighted by atomic mass is 10.1. The van der Waals surface area contributed by atoms with E-state index < -0.39 is 0 Å². The van der Waals surface area contributed by atoms with E-state index in [0.29, 0.717) is 0 Å². The van der Waals surface area contributed by atoms with Gasteiger partial charge in [0.1, 0.15) is 6.54 Å². The molecule has 0 bridgehead atoms. The second-order valence-corrected chi connectivity index (χ2v) is 5.09. The first kappa shape index (κ1) is 17.9. The fourth-order valence-corrected chi connectivity index (χ4v) is 2.11. The van der Waals surface area contributed by atoms with Crippen LogP contribution < -0.4 is 28.5 Å². The van der Waals surface area contributed by atoms with Gasteiger partial charge in [0.25, 0.3) is 0 Å². The Morgan fingerprint density at radius 1 is 0.833 bits per heavy atom. The molecule has 0 aliphatic rings. The fraction of sp³-hybridized carbons (Fsp3) is 0.688. The lowest BCUT2D eigenvalue weighted by Gasteiger charge is -2.00. The van der Waals surface area contributed by atoms with Crippen molar-refractivity contribution in [3.8, 4) is 0 Å². The Kier molecular flexibility index (Phi) is 11.9. The quantitative estimate of drug-likeness (QED) is 0.356. The zero-order valence-corrected chi connectivity index (χ0v) is 14.2. The summed E-state index contributed by atoms with van der Waals surface area (Å²) in [6.07, 6.45) is 15.6. The molecular formula is C16H28IN. The van der Waals surface area contributed by atoms with E-state index in [9.17, 15) is 0 Å². The molecule has 18 heavy (non-hydrogen) atoms. The minimum absolute atomic E-state index is 0. The molecule has 0 saturated carbocycles. The normalized spacial score (nSPS) is 10.1. The number of hydrogen-bond acceptors (Lipinski definition) is 0. The molecule has 0 aliphatic heterocycles. The van der Waals surface area contributed by atoms with Gasteiger partial charge in [-0.05, 0) is 18.9 Å². The molecular weight excluding hydrogens is 333 g/mol. The summed E-state index contributed by atoms with van der Waals surface area (Å²) < 4.78 is 2.30. The molecule has 1 aromatic heterocycles. The highest BCUT2D eigenvalue weighted by molar-refractivity contribution is 5.03. The highest BCUT2D eigenvalue weighted by atomic mass is 127. The number of aromatic nitrogens is 1. The van der Waals surface area contributed by atoms with Gasteiger partial charge < -0.3 is 24.0 Å². The van der Waals surface area contributed by atoms with Gasteiger partial charge in [-0.25, -0.2) is 4.57 Å². The highest BCUT2D eigenvalue weighted by Gasteiger charge is 1.98. The number of rotatable bonds is 9. The standard InChI is InChI=1S/C16H28N.HI/c1-3-4-5-6-7-8-9-10-13-17-14-11-16(2)12-15-17;/h11-12,14-15H,3-10,13H2,1-2H3;1H/q+1;/p-1. The Morgan fingerprint density at radius 3 is 1.89 bits per heavy atom. The molecule has 0 saturated heterocycles. The van der Waals surface area contributed by atoms with Crippen LogP contribution >= 0.6 is 0 Å². The van der Waals surface area contributed by atoms with Crippen LogP contribution in [0.2, 0.25) is 0 Å². The molecule has 0 spiro atoms. The molecule has 0 aliphatic carbocycles. The zero-order chi connectivity index (χ0) is 12.3. The van der Waals surface area contributed by atoms with Gasteiger partial charge >= 0.3 is 0 Å². The number of unbranched alkanes of at least 4 members (excludes halogenated alkanes) is 7. The maximum absolute atomic E-state index is 2.30. The molecule has 0 aromatic carbocycles. The SMILES string of the molecule is CCCCCCCCCC[n+]1ccc(C)cc1.[I-]. The van der Waals surface area contributed by atoms with Crippen molar-refractivity contribution in [2.75, 3.05) is 0 Å². The van der Waals surface area contributed by atoms with Gasteiger partial charge in [0.05, 0.1) is 0 Å². The second kappa shape index (κ2) is 11.9. The molecule has 1 heterocycles. The van der Waals surface area contributed by atoms with Gasteiger partial charge in [-0.1, -0.05) is 45.4 Å². The maximum atomic E-state index is 2.30. The topological polar surface area (TPSA) is 3.88 Å². The van der Waals surface area contributed by atoms with E-state index in [1.807, 2.05) is 0 Å². The van der Waals surface area contributed by atoms with Crippen molar-refractivity contribution in [1.29, 1.82) is 0 Å². The lowest BCUT2D eigenvalue weighted by molar-refractivity contribution is -0.697. The number of halogens is 1. The molecule has 1 aromatic rings. The first-order valence-corrected chi connectivity index (χ1v) is 7.28. The van der Waals surface area contributed by atoms with E-state index in [4.69, 9.17) is 0 Å². The predicted molar refractivity (Wildman–Crippen MR) is 74.0 cm³/mol. The molecule has 0 amide bonds. The smallest absolute Gasteiger partial charge is 0.169 e. The highest BCUT2D eigenvalue weighted by Crippen LogP contribution is 2.08. The molecule has 1 rings (SSSR count). The van der Waals surface area contributed by atoms with Crippen molar-refractivity contribution in [1.82, 2.24) is 0 Å². The van der Waals surface area contributed by atoms with E-state index >= 15 is 0 Å². The summed E-state index contributed by atoms with van der Waals surface area (Å²) >= 11 is 0. The van der Waals surface area contributed by atoms with Crippen LogP contribution in [0.5, 0.6) is 0 Å². The summed E-state index contributed by atoms with van der Waals surface area (Å²) in [7, 11) is 0. The Labute approximate surface area is 130 Å². The van der Waals surface area contributed by atoms with Crippen molar-refractivity contribution in [2.24, 2.45) is 0 Å². The Bertz CT molecular complexity index is 282. The third-order valence-corrected chi connectivity index (χ3v) is 3.33. The molecule has 0 unspecified atom stereocenters. The summed E-state index contributed by atoms with van der Waals surface area (Å²) in [6.45, 7) is 5.59. The second-order valence-electron chi connectivity index (χ2n) is 5.09. The Morgan fingerprint density at radius 2 is 1.33 bits per heavy atom. The van der Waals surface area contributed by atoms with Gasteiger partial charge in [0.15, 0.2) is 12.4 Å². The average Bonchev–Trinajstić information content (AvgIpc) is 2.35. The first-order valence-electron chi connectivity index (χ1n) is 7.28. The minimum atomic E-state index is 0. The van der Waals surface area contributed by atoms with Crippen LogP contribution in [0.3, 0.4) is 0 Å². The summed E-state index contributed by atoms with van der Waals surface area (Å²) in [5, 5.41) is 0. The van der Waals surface area contributed by atoms with Crippen molar-refractivity contribution >= 4 is 0 Å². The van der Waals surface area contributed by atoms with Crippen molar-refractivity contribution in [3.05, 3.63) is 30.1 Å². The summed E-state index contributed by atoms with van der Waals surface area (Å²) in [5.74, 6) is 0. The lowest BCUT2D eigenvalue weighted by Crippen LogP contribution is -3.00. The van der Waals surface area contributed by atoms with Gasteiger partial charge in [-0.15, -0.1) is 0 Å². The van der Waals surface area contributed by atoms with Crippen LogP contribution in [0.25, 0.3) is 0 Å². The number of nitrogens with zero attached hydrogens (tertiary/aromatic N) is 1. The van der Waals surface area contributed by atoms with E-state index in [2.05, 4.69) is 42.9 Å². The van der Waals surface area contributed by atoms with Crippen LogP contribution in [0.1, 0.15) is 63.9 Å². The van der Waals surface area contributed by atoms with Gasteiger partial charge in [-0.3, -0.25) is 0 Å². The summed E-state index contributed by atoms with van der Waals surface area (Å²) in [4.78, 5) is 0. The van der Waals surface area contributed by atoms with E-state index in [1.165, 1.54) is 63.5 Å². The monoisotopic (exact) mass is 361 g/mol. The number of aryl methyl sites for hydroxylation is 2. The van der Waals surface area contributed by atoms with E-state index in [0.717, 1.165) is 0 Å². The molecule has 0 fully saturated rings. The molecule has 104 valence electrons. The van der Waals surface area contributed by atoms with E-state index in [1.54, 1.807) is 0 Å².